The second kappa shape index (κ2) is 6.61. The second-order valence-corrected chi connectivity index (χ2v) is 11.2. The van der Waals surface area contributed by atoms with Crippen molar-refractivity contribution in [3.05, 3.63) is 69.2 Å². The first-order chi connectivity index (χ1) is 11.2. The van der Waals surface area contributed by atoms with Gasteiger partial charge >= 0.3 is 0 Å². The Labute approximate surface area is 150 Å². The van der Waals surface area contributed by atoms with Gasteiger partial charge in [-0.15, -0.1) is 0 Å². The summed E-state index contributed by atoms with van der Waals surface area (Å²) in [7, 11) is -6.52. The van der Waals surface area contributed by atoms with E-state index in [0.29, 0.717) is 23.1 Å². The molecular formula is C17H17BrO4S2. The fourth-order valence-corrected chi connectivity index (χ4v) is 6.26. The molecule has 0 atom stereocenters. The van der Waals surface area contributed by atoms with Crippen LogP contribution in [-0.2, 0) is 43.4 Å². The van der Waals surface area contributed by atoms with Crippen molar-refractivity contribution in [1.29, 1.82) is 0 Å². The molecule has 0 aliphatic carbocycles. The van der Waals surface area contributed by atoms with E-state index in [9.17, 15) is 16.8 Å². The molecule has 2 aromatic rings. The van der Waals surface area contributed by atoms with Crippen molar-refractivity contribution in [2.24, 2.45) is 0 Å². The van der Waals surface area contributed by atoms with Gasteiger partial charge < -0.3 is 0 Å². The van der Waals surface area contributed by atoms with Crippen LogP contribution in [0.15, 0.2) is 46.9 Å². The van der Waals surface area contributed by atoms with E-state index in [1.54, 1.807) is 42.5 Å². The molecule has 0 unspecified atom stereocenters. The zero-order chi connectivity index (χ0) is 17.4. The third kappa shape index (κ3) is 4.46. The predicted molar refractivity (Wildman–Crippen MR) is 98.1 cm³/mol. The number of hydrogen-bond acceptors (Lipinski definition) is 4. The summed E-state index contributed by atoms with van der Waals surface area (Å²) in [5.74, 6) is -0.0634. The van der Waals surface area contributed by atoms with Crippen LogP contribution >= 0.6 is 15.9 Å². The van der Waals surface area contributed by atoms with Crippen molar-refractivity contribution in [2.75, 3.05) is 5.75 Å². The van der Waals surface area contributed by atoms with Gasteiger partial charge in [0.1, 0.15) is 0 Å². The van der Waals surface area contributed by atoms with Crippen LogP contribution in [0.3, 0.4) is 0 Å². The first-order valence-electron chi connectivity index (χ1n) is 7.48. The molecule has 4 bridgehead atoms. The smallest absolute Gasteiger partial charge is 0.158 e. The Hall–Kier alpha value is -1.18. The van der Waals surface area contributed by atoms with Gasteiger partial charge in [-0.2, -0.15) is 0 Å². The lowest BCUT2D eigenvalue weighted by Gasteiger charge is -2.08. The fraction of sp³-hybridized carbons (Fsp3) is 0.294. The van der Waals surface area contributed by atoms with E-state index in [4.69, 9.17) is 0 Å². The summed E-state index contributed by atoms with van der Waals surface area (Å²) in [6.07, 6.45) is 0.397. The minimum absolute atomic E-state index is 0.0320. The summed E-state index contributed by atoms with van der Waals surface area (Å²) < 4.78 is 50.2. The van der Waals surface area contributed by atoms with Gasteiger partial charge in [-0.1, -0.05) is 52.3 Å². The minimum Gasteiger partial charge on any atom is -0.228 e. The quantitative estimate of drug-likeness (QED) is 0.646. The van der Waals surface area contributed by atoms with Crippen molar-refractivity contribution in [3.8, 4) is 0 Å². The van der Waals surface area contributed by atoms with E-state index in [-0.39, 0.29) is 23.0 Å². The van der Waals surface area contributed by atoms with E-state index < -0.39 is 19.7 Å². The molecule has 0 fully saturated rings. The van der Waals surface area contributed by atoms with Gasteiger partial charge in [0.25, 0.3) is 0 Å². The summed E-state index contributed by atoms with van der Waals surface area (Å²) in [6.45, 7) is 0. The zero-order valence-electron chi connectivity index (χ0n) is 12.9. The van der Waals surface area contributed by atoms with Gasteiger partial charge in [-0.05, 0) is 34.7 Å². The highest BCUT2D eigenvalue weighted by atomic mass is 79.9. The molecule has 0 N–H and O–H groups in total. The second-order valence-electron chi connectivity index (χ2n) is 6.12. The molecular weight excluding hydrogens is 412 g/mol. The molecule has 2 aromatic carbocycles. The normalized spacial score (nSPS) is 19.5. The summed E-state index contributed by atoms with van der Waals surface area (Å²) in [6, 6.07) is 12.1. The maximum atomic E-state index is 12.4. The van der Waals surface area contributed by atoms with Crippen LogP contribution in [0.25, 0.3) is 0 Å². The van der Waals surface area contributed by atoms with Gasteiger partial charge in [-0.3, -0.25) is 0 Å². The molecule has 0 aromatic heterocycles. The molecule has 0 radical (unpaired) electrons. The Balaban J connectivity index is 2.05. The molecule has 7 heteroatoms. The maximum Gasteiger partial charge on any atom is 0.158 e. The molecule has 0 saturated heterocycles. The molecule has 6 rings (SSSR count). The summed E-state index contributed by atoms with van der Waals surface area (Å²) in [4.78, 5) is 0. The number of aryl methyl sites for hydroxylation is 1. The SMILES string of the molecule is O=S1(=O)CCc2ccc(cc2Br)CS(=O)(=O)Cc2ccc(cc2)C1. The average Bonchev–Trinajstić information content (AvgIpc) is 2.47. The molecule has 4 aliphatic rings. The Morgan fingerprint density at radius 3 is 1.79 bits per heavy atom. The van der Waals surface area contributed by atoms with Crippen LogP contribution in [0.4, 0.5) is 0 Å². The van der Waals surface area contributed by atoms with Crippen molar-refractivity contribution in [2.45, 2.75) is 23.7 Å². The first-order valence-corrected chi connectivity index (χ1v) is 11.9. The third-order valence-corrected chi connectivity index (χ3v) is 7.87. The average molecular weight is 429 g/mol. The third-order valence-electron chi connectivity index (χ3n) is 3.98. The Bertz CT molecular complexity index is 962. The highest BCUT2D eigenvalue weighted by Gasteiger charge is 2.17. The lowest BCUT2D eigenvalue weighted by Crippen LogP contribution is -2.11. The summed E-state index contributed by atoms with van der Waals surface area (Å²) >= 11 is 3.42. The highest BCUT2D eigenvalue weighted by Crippen LogP contribution is 2.23. The largest absolute Gasteiger partial charge is 0.228 e. The van der Waals surface area contributed by atoms with Gasteiger partial charge in [-0.25, -0.2) is 16.8 Å². The van der Waals surface area contributed by atoms with E-state index in [1.807, 2.05) is 0 Å². The molecule has 4 nitrogen and oxygen atoms in total. The fourth-order valence-electron chi connectivity index (χ4n) is 2.77. The van der Waals surface area contributed by atoms with Crippen molar-refractivity contribution in [1.82, 2.24) is 0 Å². The van der Waals surface area contributed by atoms with Crippen LogP contribution in [0.2, 0.25) is 0 Å². The number of hydrogen-bond donors (Lipinski definition) is 0. The zero-order valence-corrected chi connectivity index (χ0v) is 16.1. The number of rotatable bonds is 0. The van der Waals surface area contributed by atoms with Crippen molar-refractivity contribution < 1.29 is 16.8 Å². The topological polar surface area (TPSA) is 68.3 Å². The molecule has 24 heavy (non-hydrogen) atoms. The summed E-state index contributed by atoms with van der Waals surface area (Å²) in [5, 5.41) is 0. The van der Waals surface area contributed by atoms with Gasteiger partial charge in [0.05, 0.1) is 23.0 Å². The van der Waals surface area contributed by atoms with Crippen molar-refractivity contribution in [3.63, 3.8) is 0 Å². The van der Waals surface area contributed by atoms with E-state index in [2.05, 4.69) is 15.9 Å². The van der Waals surface area contributed by atoms with Gasteiger partial charge in [0.15, 0.2) is 19.7 Å². The molecule has 4 aliphatic heterocycles. The van der Waals surface area contributed by atoms with Crippen molar-refractivity contribution >= 4 is 35.6 Å². The van der Waals surface area contributed by atoms with E-state index in [0.717, 1.165) is 10.0 Å². The van der Waals surface area contributed by atoms with Crippen LogP contribution in [0.5, 0.6) is 0 Å². The monoisotopic (exact) mass is 428 g/mol. The Morgan fingerprint density at radius 1 is 0.708 bits per heavy atom. The van der Waals surface area contributed by atoms with Crippen LogP contribution in [-0.4, -0.2) is 22.6 Å². The molecule has 0 amide bonds. The van der Waals surface area contributed by atoms with Crippen LogP contribution in [0.1, 0.15) is 22.3 Å². The molecule has 128 valence electrons. The van der Waals surface area contributed by atoms with Crippen LogP contribution < -0.4 is 0 Å². The molecule has 4 heterocycles. The number of benzene rings is 2. The lowest BCUT2D eigenvalue weighted by molar-refractivity contribution is 0.592. The minimum atomic E-state index is -3.29. The summed E-state index contributed by atoms with van der Waals surface area (Å²) in [5.41, 5.74) is 2.91. The Morgan fingerprint density at radius 2 is 1.21 bits per heavy atom. The van der Waals surface area contributed by atoms with E-state index in [1.165, 1.54) is 0 Å². The van der Waals surface area contributed by atoms with Crippen LogP contribution in [0, 0.1) is 0 Å². The molecule has 0 spiro atoms. The standard InChI is InChI=1S/C17H17BrO4S2/c18-17-9-15-5-6-16(17)7-8-23(19,20)10-13-1-3-14(4-2-13)11-24(21,22)12-15/h1-6,9H,7-8,10-12H2. The highest BCUT2D eigenvalue weighted by molar-refractivity contribution is 9.10. The Kier molecular flexibility index (Phi) is 4.86. The lowest BCUT2D eigenvalue weighted by atomic mass is 10.1. The van der Waals surface area contributed by atoms with Gasteiger partial charge in [0.2, 0.25) is 0 Å². The molecule has 0 saturated carbocycles. The first kappa shape index (κ1) is 17.6. The maximum absolute atomic E-state index is 12.4. The number of sulfone groups is 2. The predicted octanol–water partition coefficient (Wildman–Crippen LogP) is 3.04. The van der Waals surface area contributed by atoms with Gasteiger partial charge in [0, 0.05) is 4.47 Å². The van der Waals surface area contributed by atoms with E-state index >= 15 is 0 Å². The number of halogens is 1.